The van der Waals surface area contributed by atoms with E-state index in [0.29, 0.717) is 0 Å². The fraction of sp³-hybridized carbons (Fsp3) is 0.933. The molecule has 3 rings (SSSR count). The van der Waals surface area contributed by atoms with Crippen LogP contribution >= 0.6 is 0 Å². The van der Waals surface area contributed by atoms with Crippen molar-refractivity contribution in [3.8, 4) is 0 Å². The molecule has 0 bridgehead atoms. The van der Waals surface area contributed by atoms with Crippen LogP contribution in [0.1, 0.15) is 71.1 Å². The van der Waals surface area contributed by atoms with Crippen molar-refractivity contribution in [1.82, 2.24) is 4.90 Å². The largest absolute Gasteiger partial charge is 0.438 e. The second-order valence-electron chi connectivity index (χ2n) is 6.61. The van der Waals surface area contributed by atoms with Crippen LogP contribution in [0.4, 0.5) is 4.79 Å². The van der Waals surface area contributed by atoms with Crippen LogP contribution in [0.25, 0.3) is 0 Å². The number of rotatable bonds is 1. The van der Waals surface area contributed by atoms with E-state index in [1.54, 1.807) is 11.8 Å². The van der Waals surface area contributed by atoms with Crippen molar-refractivity contribution in [2.45, 2.75) is 88.5 Å². The maximum atomic E-state index is 12.3. The molecule has 1 N–H and O–H groups in total. The van der Waals surface area contributed by atoms with Crippen molar-refractivity contribution in [2.24, 2.45) is 0 Å². The third-order valence-corrected chi connectivity index (χ3v) is 5.41. The first-order valence-corrected chi connectivity index (χ1v) is 7.81. The van der Waals surface area contributed by atoms with Crippen molar-refractivity contribution in [3.63, 3.8) is 0 Å². The van der Waals surface area contributed by atoms with Gasteiger partial charge in [-0.25, -0.2) is 4.79 Å². The minimum Gasteiger partial charge on any atom is -0.438 e. The number of carbonyl (C=O) groups is 1. The highest BCUT2D eigenvalue weighted by Gasteiger charge is 2.63. The highest BCUT2D eigenvalue weighted by Crippen LogP contribution is 2.48. The molecule has 3 fully saturated rings. The Balaban J connectivity index is 1.86. The van der Waals surface area contributed by atoms with Gasteiger partial charge in [0.05, 0.1) is 0 Å². The monoisotopic (exact) mass is 267 g/mol. The van der Waals surface area contributed by atoms with E-state index in [2.05, 4.69) is 0 Å². The first-order valence-electron chi connectivity index (χ1n) is 7.81. The number of hydrogen-bond donors (Lipinski definition) is 1. The first-order chi connectivity index (χ1) is 9.07. The quantitative estimate of drug-likeness (QED) is 0.793. The van der Waals surface area contributed by atoms with Gasteiger partial charge in [0, 0.05) is 6.04 Å². The first kappa shape index (κ1) is 13.2. The summed E-state index contributed by atoms with van der Waals surface area (Å²) in [5.74, 6) is 0. The maximum absolute atomic E-state index is 12.3. The highest BCUT2D eigenvalue weighted by molar-refractivity contribution is 5.72. The van der Waals surface area contributed by atoms with E-state index in [1.165, 1.54) is 12.8 Å². The molecule has 3 aliphatic rings. The Hall–Kier alpha value is -0.770. The second kappa shape index (κ2) is 4.65. The molecule has 0 aromatic carbocycles. The number of nitrogens with zero attached hydrogens (tertiary/aromatic N) is 1. The molecule has 108 valence electrons. The lowest BCUT2D eigenvalue weighted by atomic mass is 9.77. The third-order valence-electron chi connectivity index (χ3n) is 5.41. The minimum absolute atomic E-state index is 0.164. The van der Waals surface area contributed by atoms with E-state index in [0.717, 1.165) is 51.4 Å². The van der Waals surface area contributed by atoms with Crippen molar-refractivity contribution in [2.75, 3.05) is 0 Å². The molecule has 1 heterocycles. The number of hydrogen-bond acceptors (Lipinski definition) is 3. The Labute approximate surface area is 115 Å². The summed E-state index contributed by atoms with van der Waals surface area (Å²) >= 11 is 0. The molecule has 19 heavy (non-hydrogen) atoms. The molecule has 4 nitrogen and oxygen atoms in total. The fourth-order valence-electron chi connectivity index (χ4n) is 4.25. The molecule has 1 aliphatic heterocycles. The number of ether oxygens (including phenoxy) is 1. The number of aliphatic hydroxyl groups is 1. The Bertz CT molecular complexity index is 354. The van der Waals surface area contributed by atoms with Crippen molar-refractivity contribution >= 4 is 6.09 Å². The molecule has 2 aliphatic carbocycles. The summed E-state index contributed by atoms with van der Waals surface area (Å²) in [5, 5.41) is 11.0. The van der Waals surface area contributed by atoms with Gasteiger partial charge in [0.15, 0.2) is 11.3 Å². The third kappa shape index (κ3) is 1.95. The van der Waals surface area contributed by atoms with Crippen LogP contribution < -0.4 is 0 Å². The zero-order valence-corrected chi connectivity index (χ0v) is 11.9. The molecule has 1 amide bonds. The van der Waals surface area contributed by atoms with Gasteiger partial charge < -0.3 is 9.84 Å². The average Bonchev–Trinajstić information content (AvgIpc) is 2.58. The van der Waals surface area contributed by atoms with Crippen molar-refractivity contribution < 1.29 is 14.6 Å². The molecular formula is C15H25NO3. The van der Waals surface area contributed by atoms with Crippen LogP contribution in [-0.4, -0.2) is 33.5 Å². The van der Waals surface area contributed by atoms with Gasteiger partial charge in [-0.05, 0) is 45.4 Å². The summed E-state index contributed by atoms with van der Waals surface area (Å²) < 4.78 is 5.71. The van der Waals surface area contributed by atoms with Crippen LogP contribution in [-0.2, 0) is 4.74 Å². The Morgan fingerprint density at radius 2 is 1.68 bits per heavy atom. The van der Waals surface area contributed by atoms with Gasteiger partial charge in [0.25, 0.3) is 0 Å². The van der Waals surface area contributed by atoms with Gasteiger partial charge in [-0.15, -0.1) is 0 Å². The standard InChI is InChI=1S/C15H25NO3/c1-14(18)15(10-6-3-7-11-15)19-13(17)16(14)12-8-4-2-5-9-12/h12,18H,2-11H2,1H3. The summed E-state index contributed by atoms with van der Waals surface area (Å²) in [6, 6.07) is 0.164. The molecule has 1 atom stereocenters. The van der Waals surface area contributed by atoms with Gasteiger partial charge >= 0.3 is 6.09 Å². The van der Waals surface area contributed by atoms with Crippen LogP contribution in [0.15, 0.2) is 0 Å². The van der Waals surface area contributed by atoms with Gasteiger partial charge in [-0.2, -0.15) is 0 Å². The molecule has 1 unspecified atom stereocenters. The van der Waals surface area contributed by atoms with Gasteiger partial charge in [-0.3, -0.25) is 4.90 Å². The number of amides is 1. The second-order valence-corrected chi connectivity index (χ2v) is 6.61. The lowest BCUT2D eigenvalue weighted by Crippen LogP contribution is -2.60. The van der Waals surface area contributed by atoms with E-state index in [4.69, 9.17) is 4.74 Å². The Kier molecular flexibility index (Phi) is 3.24. The van der Waals surface area contributed by atoms with Crippen molar-refractivity contribution in [3.05, 3.63) is 0 Å². The highest BCUT2D eigenvalue weighted by atomic mass is 16.6. The molecule has 0 aromatic heterocycles. The Morgan fingerprint density at radius 3 is 2.32 bits per heavy atom. The van der Waals surface area contributed by atoms with E-state index in [-0.39, 0.29) is 12.1 Å². The predicted molar refractivity (Wildman–Crippen MR) is 71.6 cm³/mol. The molecular weight excluding hydrogens is 242 g/mol. The minimum atomic E-state index is -1.13. The topological polar surface area (TPSA) is 49.8 Å². The van der Waals surface area contributed by atoms with Crippen LogP contribution in [0.2, 0.25) is 0 Å². The zero-order valence-electron chi connectivity index (χ0n) is 11.9. The summed E-state index contributed by atoms with van der Waals surface area (Å²) in [4.78, 5) is 14.0. The van der Waals surface area contributed by atoms with E-state index >= 15 is 0 Å². The van der Waals surface area contributed by atoms with Gasteiger partial charge in [-0.1, -0.05) is 25.7 Å². The van der Waals surface area contributed by atoms with E-state index in [1.807, 2.05) is 0 Å². The molecule has 4 heteroatoms. The normalized spacial score (nSPS) is 35.7. The summed E-state index contributed by atoms with van der Waals surface area (Å²) in [5.41, 5.74) is -1.79. The SMILES string of the molecule is CC1(O)N(C2CCCCC2)C(=O)OC12CCCCC2. The fourth-order valence-corrected chi connectivity index (χ4v) is 4.25. The zero-order chi connectivity index (χ0) is 13.5. The van der Waals surface area contributed by atoms with Crippen LogP contribution in [0.3, 0.4) is 0 Å². The van der Waals surface area contributed by atoms with Crippen LogP contribution in [0.5, 0.6) is 0 Å². The maximum Gasteiger partial charge on any atom is 0.413 e. The van der Waals surface area contributed by atoms with E-state index in [9.17, 15) is 9.90 Å². The summed E-state index contributed by atoms with van der Waals surface area (Å²) in [6.45, 7) is 1.79. The number of carbonyl (C=O) groups excluding carboxylic acids is 1. The van der Waals surface area contributed by atoms with Gasteiger partial charge in [0.2, 0.25) is 0 Å². The predicted octanol–water partition coefficient (Wildman–Crippen LogP) is 3.18. The lowest BCUT2D eigenvalue weighted by Gasteiger charge is -2.44. The summed E-state index contributed by atoms with van der Waals surface area (Å²) in [6.07, 6.45) is 10.1. The summed E-state index contributed by atoms with van der Waals surface area (Å²) in [7, 11) is 0. The van der Waals surface area contributed by atoms with E-state index < -0.39 is 11.3 Å². The van der Waals surface area contributed by atoms with Crippen LogP contribution in [0, 0.1) is 0 Å². The average molecular weight is 267 g/mol. The lowest BCUT2D eigenvalue weighted by molar-refractivity contribution is -0.168. The molecule has 2 saturated carbocycles. The molecule has 1 saturated heterocycles. The van der Waals surface area contributed by atoms with Gasteiger partial charge in [0.1, 0.15) is 0 Å². The smallest absolute Gasteiger partial charge is 0.413 e. The molecule has 1 spiro atoms. The molecule has 0 aromatic rings. The van der Waals surface area contributed by atoms with Crippen molar-refractivity contribution in [1.29, 1.82) is 0 Å². The molecule has 0 radical (unpaired) electrons. The Morgan fingerprint density at radius 1 is 1.11 bits per heavy atom.